The van der Waals surface area contributed by atoms with Crippen molar-refractivity contribution < 1.29 is 9.59 Å². The van der Waals surface area contributed by atoms with Gasteiger partial charge in [0.25, 0.3) is 5.91 Å². The molecule has 0 radical (unpaired) electrons. The highest BCUT2D eigenvalue weighted by Gasteiger charge is 2.17. The summed E-state index contributed by atoms with van der Waals surface area (Å²) in [6.07, 6.45) is 1.40. The van der Waals surface area contributed by atoms with Crippen LogP contribution in [-0.4, -0.2) is 54.4 Å². The summed E-state index contributed by atoms with van der Waals surface area (Å²) in [6, 6.07) is 3.11. The number of amides is 2. The number of rotatable bonds is 3. The molecule has 1 aliphatic rings. The smallest absolute Gasteiger partial charge is 0.270 e. The molecule has 1 aliphatic heterocycles. The molecule has 6 nitrogen and oxygen atoms in total. The lowest BCUT2D eigenvalue weighted by Crippen LogP contribution is -2.49. The first kappa shape index (κ1) is 13.8. The average molecular weight is 283 g/mol. The van der Waals surface area contributed by atoms with Crippen LogP contribution in [-0.2, 0) is 4.79 Å². The summed E-state index contributed by atoms with van der Waals surface area (Å²) in [5, 5.41) is 6.19. The van der Waals surface area contributed by atoms with Gasteiger partial charge >= 0.3 is 0 Å². The second kappa shape index (κ2) is 6.49. The number of pyridine rings is 1. The van der Waals surface area contributed by atoms with Crippen LogP contribution in [0.15, 0.2) is 18.3 Å². The number of carbonyl (C=O) groups excluding carboxylic acids is 2. The van der Waals surface area contributed by atoms with Crippen molar-refractivity contribution in [1.29, 1.82) is 0 Å². The number of halogens is 1. The van der Waals surface area contributed by atoms with Crippen molar-refractivity contribution in [2.24, 2.45) is 0 Å². The number of hydrogen-bond donors (Lipinski definition) is 2. The molecule has 1 aromatic rings. The molecule has 7 heteroatoms. The zero-order chi connectivity index (χ0) is 13.7. The van der Waals surface area contributed by atoms with Crippen molar-refractivity contribution in [2.75, 3.05) is 32.7 Å². The van der Waals surface area contributed by atoms with Crippen molar-refractivity contribution >= 4 is 23.4 Å². The van der Waals surface area contributed by atoms with Crippen LogP contribution in [0.1, 0.15) is 10.5 Å². The van der Waals surface area contributed by atoms with E-state index >= 15 is 0 Å². The van der Waals surface area contributed by atoms with Gasteiger partial charge < -0.3 is 15.5 Å². The Hall–Kier alpha value is -1.66. The van der Waals surface area contributed by atoms with E-state index in [-0.39, 0.29) is 24.1 Å². The molecule has 1 aromatic heterocycles. The third-order valence-electron chi connectivity index (χ3n) is 2.83. The summed E-state index contributed by atoms with van der Waals surface area (Å²) in [4.78, 5) is 29.2. The van der Waals surface area contributed by atoms with E-state index in [9.17, 15) is 9.59 Å². The zero-order valence-electron chi connectivity index (χ0n) is 10.4. The van der Waals surface area contributed by atoms with Crippen molar-refractivity contribution in [1.82, 2.24) is 20.5 Å². The summed E-state index contributed by atoms with van der Waals surface area (Å²) in [5.41, 5.74) is 0.248. The van der Waals surface area contributed by atoms with Crippen LogP contribution in [0, 0.1) is 0 Å². The van der Waals surface area contributed by atoms with E-state index in [0.29, 0.717) is 18.1 Å². The first-order valence-electron chi connectivity index (χ1n) is 6.05. The molecule has 19 heavy (non-hydrogen) atoms. The van der Waals surface area contributed by atoms with Crippen LogP contribution in [0.3, 0.4) is 0 Å². The largest absolute Gasteiger partial charge is 0.342 e. The SMILES string of the molecule is O=C(NCC(=O)N1CCNCC1)c1ccc(Cl)cn1. The van der Waals surface area contributed by atoms with E-state index in [1.165, 1.54) is 12.3 Å². The van der Waals surface area contributed by atoms with Gasteiger partial charge in [0.15, 0.2) is 0 Å². The van der Waals surface area contributed by atoms with Gasteiger partial charge in [-0.1, -0.05) is 11.6 Å². The third-order valence-corrected chi connectivity index (χ3v) is 3.05. The van der Waals surface area contributed by atoms with Crippen LogP contribution in [0.5, 0.6) is 0 Å². The third kappa shape index (κ3) is 3.90. The molecule has 0 atom stereocenters. The monoisotopic (exact) mass is 282 g/mol. The van der Waals surface area contributed by atoms with Gasteiger partial charge in [-0.2, -0.15) is 0 Å². The first-order chi connectivity index (χ1) is 9.16. The maximum absolute atomic E-state index is 11.8. The Bertz CT molecular complexity index is 457. The molecular formula is C12H15ClN4O2. The lowest BCUT2D eigenvalue weighted by Gasteiger charge is -2.27. The molecule has 1 saturated heterocycles. The van der Waals surface area contributed by atoms with Crippen LogP contribution < -0.4 is 10.6 Å². The van der Waals surface area contributed by atoms with Gasteiger partial charge in [0, 0.05) is 32.4 Å². The van der Waals surface area contributed by atoms with Crippen molar-refractivity contribution in [3.05, 3.63) is 29.0 Å². The molecular weight excluding hydrogens is 268 g/mol. The predicted molar refractivity (Wildman–Crippen MR) is 71.0 cm³/mol. The molecule has 0 spiro atoms. The molecule has 2 amide bonds. The minimum Gasteiger partial charge on any atom is -0.342 e. The molecule has 0 saturated carbocycles. The maximum atomic E-state index is 11.8. The number of carbonyl (C=O) groups is 2. The van der Waals surface area contributed by atoms with Gasteiger partial charge in [0.2, 0.25) is 5.91 Å². The molecule has 2 rings (SSSR count). The molecule has 102 valence electrons. The number of nitrogens with zero attached hydrogens (tertiary/aromatic N) is 2. The summed E-state index contributed by atoms with van der Waals surface area (Å²) >= 11 is 5.68. The molecule has 2 heterocycles. The van der Waals surface area contributed by atoms with Gasteiger partial charge in [-0.05, 0) is 12.1 Å². The summed E-state index contributed by atoms with van der Waals surface area (Å²) < 4.78 is 0. The Morgan fingerprint density at radius 3 is 2.74 bits per heavy atom. The predicted octanol–water partition coefficient (Wildman–Crippen LogP) is -0.103. The summed E-state index contributed by atoms with van der Waals surface area (Å²) in [7, 11) is 0. The number of aromatic nitrogens is 1. The van der Waals surface area contributed by atoms with Crippen LogP contribution in [0.4, 0.5) is 0 Å². The highest BCUT2D eigenvalue weighted by molar-refractivity contribution is 6.30. The summed E-state index contributed by atoms with van der Waals surface area (Å²) in [5.74, 6) is -0.455. The van der Waals surface area contributed by atoms with Gasteiger partial charge in [-0.15, -0.1) is 0 Å². The molecule has 0 bridgehead atoms. The Balaban J connectivity index is 1.82. The quantitative estimate of drug-likeness (QED) is 0.812. The van der Waals surface area contributed by atoms with Crippen molar-refractivity contribution in [3.8, 4) is 0 Å². The van der Waals surface area contributed by atoms with E-state index in [1.54, 1.807) is 11.0 Å². The van der Waals surface area contributed by atoms with Gasteiger partial charge in [-0.3, -0.25) is 9.59 Å². The molecule has 0 aliphatic carbocycles. The molecule has 1 fully saturated rings. The van der Waals surface area contributed by atoms with Crippen molar-refractivity contribution in [2.45, 2.75) is 0 Å². The fourth-order valence-corrected chi connectivity index (χ4v) is 1.89. The van der Waals surface area contributed by atoms with Gasteiger partial charge in [0.1, 0.15) is 5.69 Å². The van der Waals surface area contributed by atoms with Crippen LogP contribution >= 0.6 is 11.6 Å². The Morgan fingerprint density at radius 2 is 2.11 bits per heavy atom. The fourth-order valence-electron chi connectivity index (χ4n) is 1.78. The van der Waals surface area contributed by atoms with Crippen LogP contribution in [0.25, 0.3) is 0 Å². The second-order valence-electron chi connectivity index (χ2n) is 4.18. The Labute approximate surface area is 116 Å². The fraction of sp³-hybridized carbons (Fsp3) is 0.417. The minimum atomic E-state index is -0.375. The van der Waals surface area contributed by atoms with Crippen LogP contribution in [0.2, 0.25) is 5.02 Å². The normalized spacial score (nSPS) is 15.1. The number of hydrogen-bond acceptors (Lipinski definition) is 4. The lowest BCUT2D eigenvalue weighted by molar-refractivity contribution is -0.130. The van der Waals surface area contributed by atoms with E-state index < -0.39 is 0 Å². The van der Waals surface area contributed by atoms with Crippen molar-refractivity contribution in [3.63, 3.8) is 0 Å². The zero-order valence-corrected chi connectivity index (χ0v) is 11.1. The van der Waals surface area contributed by atoms with E-state index in [2.05, 4.69) is 15.6 Å². The molecule has 0 unspecified atom stereocenters. The van der Waals surface area contributed by atoms with E-state index in [1.807, 2.05) is 0 Å². The first-order valence-corrected chi connectivity index (χ1v) is 6.43. The maximum Gasteiger partial charge on any atom is 0.270 e. The van der Waals surface area contributed by atoms with Gasteiger partial charge in [0.05, 0.1) is 11.6 Å². The minimum absolute atomic E-state index is 0.0108. The van der Waals surface area contributed by atoms with E-state index in [0.717, 1.165) is 13.1 Å². The highest BCUT2D eigenvalue weighted by atomic mass is 35.5. The number of piperazine rings is 1. The molecule has 0 aromatic carbocycles. The topological polar surface area (TPSA) is 74.3 Å². The van der Waals surface area contributed by atoms with E-state index in [4.69, 9.17) is 11.6 Å². The Kier molecular flexibility index (Phi) is 4.70. The Morgan fingerprint density at radius 1 is 1.37 bits per heavy atom. The summed E-state index contributed by atoms with van der Waals surface area (Å²) in [6.45, 7) is 2.92. The standard InChI is InChI=1S/C12H15ClN4O2/c13-9-1-2-10(15-7-9)12(19)16-8-11(18)17-5-3-14-4-6-17/h1-2,7,14H,3-6,8H2,(H,16,19). The highest BCUT2D eigenvalue weighted by Crippen LogP contribution is 2.05. The average Bonchev–Trinajstić information content (AvgIpc) is 2.46. The van der Waals surface area contributed by atoms with Gasteiger partial charge in [-0.25, -0.2) is 4.98 Å². The second-order valence-corrected chi connectivity index (χ2v) is 4.61. The molecule has 2 N–H and O–H groups in total. The lowest BCUT2D eigenvalue weighted by atomic mass is 10.3. The number of nitrogens with one attached hydrogen (secondary N) is 2.